The van der Waals surface area contributed by atoms with Crippen molar-refractivity contribution in [3.8, 4) is 57.3 Å². The van der Waals surface area contributed by atoms with Gasteiger partial charge in [-0.1, -0.05) is 0 Å². The Balaban J connectivity index is 1.82. The first-order valence-corrected chi connectivity index (χ1v) is 12.9. The molecular weight excluding hydrogens is 524 g/mol. The molecule has 4 aromatic rings. The van der Waals surface area contributed by atoms with E-state index in [1.807, 2.05) is 39.0 Å². The first-order chi connectivity index (χ1) is 19.5. The number of aryl methyl sites for hydroxylation is 1. The van der Waals surface area contributed by atoms with Crippen LogP contribution >= 0.6 is 0 Å². The van der Waals surface area contributed by atoms with E-state index in [0.717, 1.165) is 0 Å². The minimum absolute atomic E-state index is 0.123. The zero-order valence-corrected chi connectivity index (χ0v) is 24.4. The average Bonchev–Trinajstić information content (AvgIpc) is 3.55. The largest absolute Gasteiger partial charge is 0.497 e. The van der Waals surface area contributed by atoms with Gasteiger partial charge in [-0.25, -0.2) is 4.68 Å². The van der Waals surface area contributed by atoms with Crippen molar-refractivity contribution >= 4 is 5.91 Å². The third-order valence-electron chi connectivity index (χ3n) is 7.21. The number of carbonyl (C=O) groups excluding carboxylic acids is 1. The van der Waals surface area contributed by atoms with Crippen LogP contribution in [0.2, 0.25) is 0 Å². The van der Waals surface area contributed by atoms with E-state index in [9.17, 15) is 10.1 Å². The third kappa shape index (κ3) is 4.71. The highest BCUT2D eigenvalue weighted by Crippen LogP contribution is 2.46. The van der Waals surface area contributed by atoms with Gasteiger partial charge in [-0.3, -0.25) is 9.48 Å². The molecule has 0 saturated heterocycles. The molecule has 11 nitrogen and oxygen atoms in total. The van der Waals surface area contributed by atoms with Crippen LogP contribution in [0.5, 0.6) is 23.0 Å². The number of carbonyl (C=O) groups is 1. The molecule has 0 spiro atoms. The van der Waals surface area contributed by atoms with Gasteiger partial charge in [0.1, 0.15) is 41.4 Å². The molecule has 2 aromatic heterocycles. The summed E-state index contributed by atoms with van der Waals surface area (Å²) in [6, 6.07) is 11.3. The van der Waals surface area contributed by atoms with Crippen molar-refractivity contribution in [2.24, 2.45) is 7.05 Å². The van der Waals surface area contributed by atoms with E-state index < -0.39 is 5.54 Å². The Kier molecular flexibility index (Phi) is 6.87. The molecule has 2 aromatic carbocycles. The molecule has 0 unspecified atom stereocenters. The fourth-order valence-electron chi connectivity index (χ4n) is 4.74. The summed E-state index contributed by atoms with van der Waals surface area (Å²) in [7, 11) is 8.22. The van der Waals surface area contributed by atoms with Crippen LogP contribution < -0.4 is 18.9 Å². The van der Waals surface area contributed by atoms with Gasteiger partial charge in [-0.15, -0.1) is 0 Å². The average molecular weight is 557 g/mol. The topological polar surface area (TPSA) is 117 Å². The standard InChI is InChI=1S/C30H32N6O5/c1-30(2,3)35(5)29(37)27-23-16-41-25-13-24(40-8)21(26-17(14-31)15-34(4)32-26)12-22(25)28(23)36(33-27)18-9-19(38-6)11-20(10-18)39-7/h9-13,15H,16H2,1-8H3. The molecule has 1 aliphatic rings. The maximum Gasteiger partial charge on any atom is 0.274 e. The summed E-state index contributed by atoms with van der Waals surface area (Å²) >= 11 is 0. The van der Waals surface area contributed by atoms with E-state index in [4.69, 9.17) is 24.0 Å². The van der Waals surface area contributed by atoms with Crippen LogP contribution in [0.4, 0.5) is 0 Å². The van der Waals surface area contributed by atoms with Gasteiger partial charge in [0.25, 0.3) is 5.91 Å². The number of benzene rings is 2. The van der Waals surface area contributed by atoms with E-state index in [1.165, 1.54) is 0 Å². The molecule has 0 saturated carbocycles. The first-order valence-electron chi connectivity index (χ1n) is 12.9. The number of hydrogen-bond donors (Lipinski definition) is 0. The van der Waals surface area contributed by atoms with Crippen molar-refractivity contribution in [3.05, 3.63) is 53.3 Å². The molecule has 0 bridgehead atoms. The summed E-state index contributed by atoms with van der Waals surface area (Å²) in [5.41, 5.74) is 3.93. The summed E-state index contributed by atoms with van der Waals surface area (Å²) in [5, 5.41) is 19.2. The van der Waals surface area contributed by atoms with Gasteiger partial charge in [-0.05, 0) is 26.8 Å². The van der Waals surface area contributed by atoms with Gasteiger partial charge in [0.05, 0.1) is 38.3 Å². The van der Waals surface area contributed by atoms with E-state index in [0.29, 0.717) is 62.3 Å². The Hall–Kier alpha value is -4.98. The Labute approximate surface area is 238 Å². The van der Waals surface area contributed by atoms with Crippen molar-refractivity contribution in [1.82, 2.24) is 24.5 Å². The highest BCUT2D eigenvalue weighted by atomic mass is 16.5. The lowest BCUT2D eigenvalue weighted by atomic mass is 9.96. The SMILES string of the molecule is COc1cc(OC)cc(-n2nc(C(=O)N(C)C(C)(C)C)c3c2-c2cc(-c4nn(C)cc4C#N)c(OC)cc2OC3)c1. The first kappa shape index (κ1) is 27.6. The number of fused-ring (bicyclic) bond motifs is 3. The Morgan fingerprint density at radius 1 is 1.02 bits per heavy atom. The van der Waals surface area contributed by atoms with Gasteiger partial charge in [0.2, 0.25) is 0 Å². The maximum atomic E-state index is 13.8. The normalized spacial score (nSPS) is 12.1. The Morgan fingerprint density at radius 3 is 2.29 bits per heavy atom. The van der Waals surface area contributed by atoms with Crippen LogP contribution in [-0.2, 0) is 13.7 Å². The van der Waals surface area contributed by atoms with Crippen LogP contribution in [0.1, 0.15) is 42.4 Å². The third-order valence-corrected chi connectivity index (χ3v) is 7.21. The quantitative estimate of drug-likeness (QED) is 0.338. The molecule has 1 aliphatic heterocycles. The van der Waals surface area contributed by atoms with E-state index in [2.05, 4.69) is 11.2 Å². The molecule has 1 amide bonds. The smallest absolute Gasteiger partial charge is 0.274 e. The molecule has 11 heteroatoms. The molecule has 3 heterocycles. The highest BCUT2D eigenvalue weighted by Gasteiger charge is 2.35. The van der Waals surface area contributed by atoms with Crippen molar-refractivity contribution in [1.29, 1.82) is 5.26 Å². The van der Waals surface area contributed by atoms with Crippen LogP contribution in [0, 0.1) is 11.3 Å². The minimum atomic E-state index is -0.437. The number of nitriles is 1. The van der Waals surface area contributed by atoms with Crippen molar-refractivity contribution in [2.75, 3.05) is 28.4 Å². The number of aromatic nitrogens is 4. The van der Waals surface area contributed by atoms with Gasteiger partial charge in [-0.2, -0.15) is 15.5 Å². The second-order valence-electron chi connectivity index (χ2n) is 10.7. The van der Waals surface area contributed by atoms with Crippen molar-refractivity contribution in [3.63, 3.8) is 0 Å². The van der Waals surface area contributed by atoms with Crippen LogP contribution in [0.3, 0.4) is 0 Å². The number of ether oxygens (including phenoxy) is 4. The number of hydrogen-bond acceptors (Lipinski definition) is 8. The number of rotatable bonds is 6. The molecule has 0 aliphatic carbocycles. The van der Waals surface area contributed by atoms with Crippen molar-refractivity contribution < 1.29 is 23.7 Å². The predicted octanol–water partition coefficient (Wildman–Crippen LogP) is 4.60. The fourth-order valence-corrected chi connectivity index (χ4v) is 4.74. The monoisotopic (exact) mass is 556 g/mol. The Bertz CT molecular complexity index is 1680. The summed E-state index contributed by atoms with van der Waals surface area (Å²) in [4.78, 5) is 15.5. The molecule has 0 radical (unpaired) electrons. The second kappa shape index (κ2) is 10.2. The molecule has 41 heavy (non-hydrogen) atoms. The molecule has 0 N–H and O–H groups in total. The van der Waals surface area contributed by atoms with Gasteiger partial charge in [0.15, 0.2) is 5.69 Å². The van der Waals surface area contributed by atoms with E-state index in [-0.39, 0.29) is 18.2 Å². The summed E-state index contributed by atoms with van der Waals surface area (Å²) in [6.07, 6.45) is 1.65. The van der Waals surface area contributed by atoms with Gasteiger partial charge >= 0.3 is 0 Å². The van der Waals surface area contributed by atoms with Crippen LogP contribution in [-0.4, -0.2) is 64.3 Å². The summed E-state index contributed by atoms with van der Waals surface area (Å²) < 4.78 is 26.2. The lowest BCUT2D eigenvalue weighted by molar-refractivity contribution is 0.0646. The number of amides is 1. The highest BCUT2D eigenvalue weighted by molar-refractivity contribution is 5.97. The molecule has 0 atom stereocenters. The van der Waals surface area contributed by atoms with Gasteiger partial charge < -0.3 is 23.8 Å². The maximum absolute atomic E-state index is 13.8. The zero-order chi connectivity index (χ0) is 29.6. The molecule has 0 fully saturated rings. The van der Waals surface area contributed by atoms with E-state index >= 15 is 0 Å². The fraction of sp³-hybridized carbons (Fsp3) is 0.333. The lowest BCUT2D eigenvalue weighted by Gasteiger charge is -2.31. The molecular formula is C30H32N6O5. The van der Waals surface area contributed by atoms with E-state index in [1.54, 1.807) is 68.0 Å². The van der Waals surface area contributed by atoms with Crippen LogP contribution in [0.25, 0.3) is 28.2 Å². The molecule has 5 rings (SSSR count). The predicted molar refractivity (Wildman–Crippen MR) is 152 cm³/mol. The minimum Gasteiger partial charge on any atom is -0.497 e. The Morgan fingerprint density at radius 2 is 1.71 bits per heavy atom. The van der Waals surface area contributed by atoms with Crippen LogP contribution in [0.15, 0.2) is 36.5 Å². The zero-order valence-electron chi connectivity index (χ0n) is 24.4. The number of methoxy groups -OCH3 is 3. The summed E-state index contributed by atoms with van der Waals surface area (Å²) in [5.74, 6) is 1.95. The molecule has 212 valence electrons. The van der Waals surface area contributed by atoms with Crippen molar-refractivity contribution in [2.45, 2.75) is 32.9 Å². The van der Waals surface area contributed by atoms with Gasteiger partial charge in [0, 0.05) is 66.8 Å². The summed E-state index contributed by atoms with van der Waals surface area (Å²) in [6.45, 7) is 6.01. The number of nitrogens with zero attached hydrogens (tertiary/aromatic N) is 6. The lowest BCUT2D eigenvalue weighted by Crippen LogP contribution is -2.43. The second-order valence-corrected chi connectivity index (χ2v) is 10.7.